The quantitative estimate of drug-likeness (QED) is 0.608. The third-order valence-electron chi connectivity index (χ3n) is 5.49. The Labute approximate surface area is 198 Å². The van der Waals surface area contributed by atoms with Crippen LogP contribution in [-0.2, 0) is 20.7 Å². The number of hydrogen-bond acceptors (Lipinski definition) is 6. The number of nitrogens with zero attached hydrogens (tertiary/aromatic N) is 3. The predicted octanol–water partition coefficient (Wildman–Crippen LogP) is 3.72. The van der Waals surface area contributed by atoms with E-state index in [0.717, 1.165) is 17.7 Å². The lowest BCUT2D eigenvalue weighted by Gasteiger charge is -2.26. The van der Waals surface area contributed by atoms with Crippen molar-refractivity contribution in [3.63, 3.8) is 0 Å². The predicted molar refractivity (Wildman–Crippen MR) is 131 cm³/mol. The first kappa shape index (κ1) is 23.1. The molecule has 0 aromatic heterocycles. The van der Waals surface area contributed by atoms with Gasteiger partial charge in [-0.25, -0.2) is 4.99 Å². The Morgan fingerprint density at radius 3 is 2.61 bits per heavy atom. The Morgan fingerprint density at radius 1 is 1.15 bits per heavy atom. The number of aliphatic imine (C=N–C) groups is 1. The molecular formula is C25H27N3O4S. The molecule has 2 aliphatic heterocycles. The summed E-state index contributed by atoms with van der Waals surface area (Å²) in [6.45, 7) is 4.31. The minimum Gasteiger partial charge on any atom is -0.483 e. The lowest BCUT2D eigenvalue weighted by atomic mass is 10.2. The van der Waals surface area contributed by atoms with E-state index >= 15 is 0 Å². The molecule has 2 heterocycles. The fourth-order valence-electron chi connectivity index (χ4n) is 3.48. The molecule has 0 radical (unpaired) electrons. The summed E-state index contributed by atoms with van der Waals surface area (Å²) >= 11 is 1.33. The molecule has 0 aliphatic carbocycles. The Bertz CT molecular complexity index is 1080. The standard InChI is InChI=1S/C25H27N3O4S/c1-3-18-8-10-20(11-9-18)26-25-27(2)24(30)22(33-25)16-19-6-4-5-7-21(19)32-17-23(29)28-12-14-31-15-13-28/h4-11,16H,3,12-15,17H2,1-2H3/b22-16+,26-25?. The van der Waals surface area contributed by atoms with Gasteiger partial charge in [-0.2, -0.15) is 0 Å². The third-order valence-corrected chi connectivity index (χ3v) is 6.55. The van der Waals surface area contributed by atoms with E-state index in [4.69, 9.17) is 9.47 Å². The van der Waals surface area contributed by atoms with Gasteiger partial charge in [-0.15, -0.1) is 0 Å². The van der Waals surface area contributed by atoms with Gasteiger partial charge in [-0.1, -0.05) is 37.3 Å². The molecular weight excluding hydrogens is 438 g/mol. The first-order chi connectivity index (χ1) is 16.0. The molecule has 2 amide bonds. The maximum atomic E-state index is 12.8. The van der Waals surface area contributed by atoms with Crippen molar-refractivity contribution in [3.8, 4) is 5.75 Å². The first-order valence-electron chi connectivity index (χ1n) is 11.0. The van der Waals surface area contributed by atoms with E-state index < -0.39 is 0 Å². The number of carbonyl (C=O) groups excluding carboxylic acids is 2. The molecule has 172 valence electrons. The summed E-state index contributed by atoms with van der Waals surface area (Å²) in [7, 11) is 1.72. The first-order valence-corrected chi connectivity index (χ1v) is 11.8. The molecule has 0 bridgehead atoms. The molecule has 2 saturated heterocycles. The van der Waals surface area contributed by atoms with E-state index in [9.17, 15) is 9.59 Å². The van der Waals surface area contributed by atoms with Crippen LogP contribution in [0.1, 0.15) is 18.1 Å². The maximum absolute atomic E-state index is 12.8. The van der Waals surface area contributed by atoms with Crippen LogP contribution in [0, 0.1) is 0 Å². The van der Waals surface area contributed by atoms with Crippen molar-refractivity contribution >= 4 is 40.5 Å². The zero-order chi connectivity index (χ0) is 23.2. The highest BCUT2D eigenvalue weighted by molar-refractivity contribution is 8.18. The van der Waals surface area contributed by atoms with Crippen LogP contribution >= 0.6 is 11.8 Å². The van der Waals surface area contributed by atoms with Crippen molar-refractivity contribution in [2.24, 2.45) is 4.99 Å². The van der Waals surface area contributed by atoms with Crippen molar-refractivity contribution < 1.29 is 19.1 Å². The Balaban J connectivity index is 1.48. The largest absolute Gasteiger partial charge is 0.483 e. The number of amidine groups is 1. The number of aryl methyl sites for hydroxylation is 1. The molecule has 2 aromatic rings. The van der Waals surface area contributed by atoms with Gasteiger partial charge in [0.15, 0.2) is 11.8 Å². The zero-order valence-corrected chi connectivity index (χ0v) is 19.6. The number of thioether (sulfide) groups is 1. The Morgan fingerprint density at radius 2 is 1.88 bits per heavy atom. The number of hydrogen-bond donors (Lipinski definition) is 0. The normalized spacial score (nSPS) is 18.9. The number of para-hydroxylation sites is 1. The second-order valence-electron chi connectivity index (χ2n) is 7.71. The van der Waals surface area contributed by atoms with Gasteiger partial charge in [0.1, 0.15) is 5.75 Å². The third kappa shape index (κ3) is 5.64. The number of amides is 2. The monoisotopic (exact) mass is 465 g/mol. The second-order valence-corrected chi connectivity index (χ2v) is 8.72. The summed E-state index contributed by atoms with van der Waals surface area (Å²) in [5.74, 6) is 0.363. The van der Waals surface area contributed by atoms with Crippen LogP contribution in [0.3, 0.4) is 0 Å². The van der Waals surface area contributed by atoms with E-state index in [1.165, 1.54) is 17.3 Å². The maximum Gasteiger partial charge on any atom is 0.266 e. The minimum absolute atomic E-state index is 0.0539. The highest BCUT2D eigenvalue weighted by Crippen LogP contribution is 2.34. The summed E-state index contributed by atoms with van der Waals surface area (Å²) in [5.41, 5.74) is 2.79. The summed E-state index contributed by atoms with van der Waals surface area (Å²) in [5, 5.41) is 0.622. The fourth-order valence-corrected chi connectivity index (χ4v) is 4.46. The van der Waals surface area contributed by atoms with Crippen LogP contribution in [-0.4, -0.2) is 66.7 Å². The average molecular weight is 466 g/mol. The summed E-state index contributed by atoms with van der Waals surface area (Å²) in [6, 6.07) is 15.4. The number of carbonyl (C=O) groups is 2. The van der Waals surface area contributed by atoms with Gasteiger partial charge in [0.25, 0.3) is 11.8 Å². The van der Waals surface area contributed by atoms with Crippen molar-refractivity contribution in [1.29, 1.82) is 0 Å². The molecule has 33 heavy (non-hydrogen) atoms. The number of rotatable bonds is 6. The molecule has 0 N–H and O–H groups in total. The molecule has 7 nitrogen and oxygen atoms in total. The molecule has 0 atom stereocenters. The molecule has 2 aromatic carbocycles. The van der Waals surface area contributed by atoms with E-state index in [0.29, 0.717) is 42.1 Å². The summed E-state index contributed by atoms with van der Waals surface area (Å²) < 4.78 is 11.1. The van der Waals surface area contributed by atoms with Crippen molar-refractivity contribution in [2.75, 3.05) is 40.0 Å². The molecule has 0 unspecified atom stereocenters. The summed E-state index contributed by atoms with van der Waals surface area (Å²) in [6.07, 6.45) is 2.76. The topological polar surface area (TPSA) is 71.4 Å². The lowest BCUT2D eigenvalue weighted by Crippen LogP contribution is -2.43. The van der Waals surface area contributed by atoms with Crippen LogP contribution < -0.4 is 4.74 Å². The highest BCUT2D eigenvalue weighted by Gasteiger charge is 2.30. The van der Waals surface area contributed by atoms with Crippen molar-refractivity contribution in [1.82, 2.24) is 9.80 Å². The number of likely N-dealkylation sites (N-methyl/N-ethyl adjacent to an activating group) is 1. The van der Waals surface area contributed by atoms with E-state index in [2.05, 4.69) is 11.9 Å². The van der Waals surface area contributed by atoms with Gasteiger partial charge in [-0.05, 0) is 48.0 Å². The van der Waals surface area contributed by atoms with Gasteiger partial charge in [-0.3, -0.25) is 14.5 Å². The number of benzene rings is 2. The average Bonchev–Trinajstić information content (AvgIpc) is 3.12. The van der Waals surface area contributed by atoms with Crippen LogP contribution in [0.15, 0.2) is 58.4 Å². The van der Waals surface area contributed by atoms with Gasteiger partial charge < -0.3 is 14.4 Å². The van der Waals surface area contributed by atoms with E-state index in [1.54, 1.807) is 29.0 Å². The SMILES string of the molecule is CCc1ccc(N=C2S/C(=C/c3ccccc3OCC(=O)N3CCOCC3)C(=O)N2C)cc1. The molecule has 2 aliphatic rings. The van der Waals surface area contributed by atoms with Crippen LogP contribution in [0.2, 0.25) is 0 Å². The number of morpholine rings is 1. The smallest absolute Gasteiger partial charge is 0.266 e. The van der Waals surface area contributed by atoms with Crippen molar-refractivity contribution in [2.45, 2.75) is 13.3 Å². The lowest BCUT2D eigenvalue weighted by molar-refractivity contribution is -0.137. The van der Waals surface area contributed by atoms with Gasteiger partial charge in [0.2, 0.25) is 0 Å². The van der Waals surface area contributed by atoms with Crippen LogP contribution in [0.25, 0.3) is 6.08 Å². The van der Waals surface area contributed by atoms with Crippen LogP contribution in [0.4, 0.5) is 5.69 Å². The Kier molecular flexibility index (Phi) is 7.47. The van der Waals surface area contributed by atoms with Gasteiger partial charge >= 0.3 is 0 Å². The molecule has 4 rings (SSSR count). The van der Waals surface area contributed by atoms with E-state index in [1.807, 2.05) is 42.5 Å². The molecule has 0 spiro atoms. The minimum atomic E-state index is -0.122. The van der Waals surface area contributed by atoms with Crippen molar-refractivity contribution in [3.05, 3.63) is 64.6 Å². The Hall–Kier alpha value is -3.10. The van der Waals surface area contributed by atoms with Gasteiger partial charge in [0, 0.05) is 25.7 Å². The van der Waals surface area contributed by atoms with E-state index in [-0.39, 0.29) is 18.4 Å². The van der Waals surface area contributed by atoms with Gasteiger partial charge in [0.05, 0.1) is 23.8 Å². The second kappa shape index (κ2) is 10.7. The summed E-state index contributed by atoms with van der Waals surface area (Å²) in [4.78, 5) is 33.8. The molecule has 0 saturated carbocycles. The highest BCUT2D eigenvalue weighted by atomic mass is 32.2. The van der Waals surface area contributed by atoms with Crippen LogP contribution in [0.5, 0.6) is 5.75 Å². The molecule has 8 heteroatoms. The number of ether oxygens (including phenoxy) is 2. The zero-order valence-electron chi connectivity index (χ0n) is 18.8. The fraction of sp³-hybridized carbons (Fsp3) is 0.320. The molecule has 2 fully saturated rings.